The Bertz CT molecular complexity index is 755. The third-order valence-corrected chi connectivity index (χ3v) is 3.78. The molecule has 0 radical (unpaired) electrons. The van der Waals surface area contributed by atoms with E-state index in [0.29, 0.717) is 0 Å². The minimum atomic E-state index is -0.727. The van der Waals surface area contributed by atoms with Gasteiger partial charge in [-0.25, -0.2) is 0 Å². The first-order valence-electron chi connectivity index (χ1n) is 6.55. The van der Waals surface area contributed by atoms with Crippen molar-refractivity contribution >= 4 is 23.4 Å². The van der Waals surface area contributed by atoms with E-state index < -0.39 is 28.5 Å². The Morgan fingerprint density at radius 2 is 2.00 bits per heavy atom. The molecule has 3 amide bonds. The number of nitrogens with zero attached hydrogens (tertiary/aromatic N) is 2. The fourth-order valence-electron chi connectivity index (χ4n) is 2.77. The van der Waals surface area contributed by atoms with Crippen LogP contribution < -0.4 is 5.32 Å². The maximum Gasteiger partial charge on any atom is 0.282 e. The van der Waals surface area contributed by atoms with E-state index in [-0.39, 0.29) is 35.6 Å². The monoisotopic (exact) mass is 301 g/mol. The second kappa shape index (κ2) is 4.76. The maximum absolute atomic E-state index is 12.5. The highest BCUT2D eigenvalue weighted by atomic mass is 16.6. The first-order chi connectivity index (χ1) is 10.4. The second-order valence-corrected chi connectivity index (χ2v) is 5.07. The smallest absolute Gasteiger partial charge is 0.282 e. The molecule has 1 aromatic rings. The van der Waals surface area contributed by atoms with Crippen LogP contribution in [0.3, 0.4) is 0 Å². The molecule has 3 rings (SSSR count). The third-order valence-electron chi connectivity index (χ3n) is 3.78. The van der Waals surface area contributed by atoms with E-state index in [9.17, 15) is 24.5 Å². The molecule has 0 spiro atoms. The average Bonchev–Trinajstić information content (AvgIpc) is 2.72. The molecule has 0 bridgehead atoms. The van der Waals surface area contributed by atoms with Crippen molar-refractivity contribution in [2.24, 2.45) is 0 Å². The number of rotatable bonds is 2. The zero-order valence-electron chi connectivity index (χ0n) is 11.4. The number of carbonyl (C=O) groups excluding carboxylic acids is 3. The fourth-order valence-corrected chi connectivity index (χ4v) is 2.77. The van der Waals surface area contributed by atoms with Gasteiger partial charge in [-0.05, 0) is 12.5 Å². The van der Waals surface area contributed by atoms with Gasteiger partial charge in [0.25, 0.3) is 17.5 Å². The lowest BCUT2D eigenvalue weighted by Crippen LogP contribution is -2.48. The van der Waals surface area contributed by atoms with Gasteiger partial charge in [-0.15, -0.1) is 0 Å². The van der Waals surface area contributed by atoms with E-state index in [4.69, 9.17) is 0 Å². The summed E-state index contributed by atoms with van der Waals surface area (Å²) in [5.74, 6) is -1.57. The number of nitro groups is 1. The van der Waals surface area contributed by atoms with Crippen molar-refractivity contribution in [2.75, 3.05) is 0 Å². The highest BCUT2D eigenvalue weighted by Crippen LogP contribution is 2.34. The number of nitrogens with one attached hydrogen (secondary N) is 1. The highest BCUT2D eigenvalue weighted by Gasteiger charge is 2.45. The quantitative estimate of drug-likeness (QED) is 0.497. The number of piperidine rings is 1. The van der Waals surface area contributed by atoms with Gasteiger partial charge in [0, 0.05) is 18.2 Å². The number of nitro benzene ring substituents is 1. The van der Waals surface area contributed by atoms with Crippen molar-refractivity contribution in [3.05, 3.63) is 51.7 Å². The number of benzene rings is 1. The molecule has 1 N–H and O–H groups in total. The summed E-state index contributed by atoms with van der Waals surface area (Å²) >= 11 is 0. The Labute approximate surface area is 124 Å². The summed E-state index contributed by atoms with van der Waals surface area (Å²) in [7, 11) is 0. The van der Waals surface area contributed by atoms with Gasteiger partial charge in [0.05, 0.1) is 16.5 Å². The van der Waals surface area contributed by atoms with Gasteiger partial charge in [-0.2, -0.15) is 0 Å². The molecule has 1 atom stereocenters. The van der Waals surface area contributed by atoms with Crippen LogP contribution in [0.4, 0.5) is 5.69 Å². The topological polar surface area (TPSA) is 110 Å². The van der Waals surface area contributed by atoms with Gasteiger partial charge in [-0.3, -0.25) is 29.4 Å². The van der Waals surface area contributed by atoms with E-state index in [1.54, 1.807) is 0 Å². The standard InChI is InChI=1S/C14H11N3O5/c1-7-9(5-6-11(18)15-7)16-13(19)8-3-2-4-10(17(21)22)12(8)14(16)20/h2-4,9H,1,5-6H2,(H,15,18). The molecule has 112 valence electrons. The average molecular weight is 301 g/mol. The van der Waals surface area contributed by atoms with Crippen LogP contribution in [0.5, 0.6) is 0 Å². The number of hydrogen-bond donors (Lipinski definition) is 1. The predicted molar refractivity (Wildman–Crippen MR) is 73.9 cm³/mol. The molecule has 2 heterocycles. The molecule has 0 saturated carbocycles. The van der Waals surface area contributed by atoms with Gasteiger partial charge < -0.3 is 5.32 Å². The molecule has 22 heavy (non-hydrogen) atoms. The van der Waals surface area contributed by atoms with Crippen molar-refractivity contribution in [3.8, 4) is 0 Å². The summed E-state index contributed by atoms with van der Waals surface area (Å²) in [4.78, 5) is 47.6. The molecule has 2 aliphatic rings. The molecular weight excluding hydrogens is 290 g/mol. The first-order valence-corrected chi connectivity index (χ1v) is 6.55. The zero-order valence-corrected chi connectivity index (χ0v) is 11.4. The minimum Gasteiger partial charge on any atom is -0.328 e. The number of hydrogen-bond acceptors (Lipinski definition) is 5. The summed E-state index contributed by atoms with van der Waals surface area (Å²) in [5.41, 5.74) is -0.358. The first kappa shape index (κ1) is 13.9. The van der Waals surface area contributed by atoms with Gasteiger partial charge >= 0.3 is 0 Å². The predicted octanol–water partition coefficient (Wildman–Crippen LogP) is 0.983. The summed E-state index contributed by atoms with van der Waals surface area (Å²) in [6, 6.07) is 3.24. The van der Waals surface area contributed by atoms with Crippen molar-refractivity contribution in [1.82, 2.24) is 10.2 Å². The summed E-state index contributed by atoms with van der Waals surface area (Å²) < 4.78 is 0. The van der Waals surface area contributed by atoms with Crippen LogP contribution in [0.25, 0.3) is 0 Å². The molecule has 1 fully saturated rings. The number of imide groups is 1. The Morgan fingerprint density at radius 1 is 1.27 bits per heavy atom. The molecule has 1 saturated heterocycles. The molecule has 0 aromatic heterocycles. The van der Waals surface area contributed by atoms with Crippen molar-refractivity contribution in [1.29, 1.82) is 0 Å². The van der Waals surface area contributed by atoms with Crippen LogP contribution in [0.15, 0.2) is 30.5 Å². The van der Waals surface area contributed by atoms with Crippen LogP contribution in [0.1, 0.15) is 33.6 Å². The van der Waals surface area contributed by atoms with Crippen molar-refractivity contribution in [3.63, 3.8) is 0 Å². The summed E-state index contributed by atoms with van der Waals surface area (Å²) in [6.07, 6.45) is 0.406. The number of carbonyl (C=O) groups is 3. The molecule has 8 heteroatoms. The zero-order chi connectivity index (χ0) is 16.0. The Hall–Kier alpha value is -3.03. The van der Waals surface area contributed by atoms with Crippen molar-refractivity contribution in [2.45, 2.75) is 18.9 Å². The van der Waals surface area contributed by atoms with E-state index in [0.717, 1.165) is 4.90 Å². The van der Waals surface area contributed by atoms with E-state index in [2.05, 4.69) is 11.9 Å². The molecule has 1 aromatic carbocycles. The van der Waals surface area contributed by atoms with E-state index in [1.807, 2.05) is 0 Å². The third kappa shape index (κ3) is 1.88. The fraction of sp³-hybridized carbons (Fsp3) is 0.214. The van der Waals surface area contributed by atoms with Gasteiger partial charge in [0.1, 0.15) is 5.56 Å². The highest BCUT2D eigenvalue weighted by molar-refractivity contribution is 6.23. The summed E-state index contributed by atoms with van der Waals surface area (Å²) in [5, 5.41) is 13.6. The lowest BCUT2D eigenvalue weighted by Gasteiger charge is -2.31. The normalized spacial score (nSPS) is 20.9. The van der Waals surface area contributed by atoms with Crippen LogP contribution in [-0.2, 0) is 4.79 Å². The minimum absolute atomic E-state index is 0.00361. The summed E-state index contributed by atoms with van der Waals surface area (Å²) in [6.45, 7) is 3.67. The van der Waals surface area contributed by atoms with Gasteiger partial charge in [-0.1, -0.05) is 12.6 Å². The SMILES string of the molecule is C=C1NC(=O)CCC1N1C(=O)c2cccc([N+](=O)[O-])c2C1=O. The van der Waals surface area contributed by atoms with Gasteiger partial charge in [0.15, 0.2) is 0 Å². The number of amides is 3. The van der Waals surface area contributed by atoms with Crippen LogP contribution in [-0.4, -0.2) is 33.6 Å². The Balaban J connectivity index is 2.04. The van der Waals surface area contributed by atoms with E-state index >= 15 is 0 Å². The second-order valence-electron chi connectivity index (χ2n) is 5.07. The maximum atomic E-state index is 12.5. The molecular formula is C14H11N3O5. The molecule has 0 aliphatic carbocycles. The Kier molecular flexibility index (Phi) is 3.01. The largest absolute Gasteiger partial charge is 0.328 e. The van der Waals surface area contributed by atoms with Crippen molar-refractivity contribution < 1.29 is 19.3 Å². The Morgan fingerprint density at radius 3 is 2.64 bits per heavy atom. The lowest BCUT2D eigenvalue weighted by atomic mass is 10.0. The van der Waals surface area contributed by atoms with Crippen LogP contribution in [0.2, 0.25) is 0 Å². The molecule has 8 nitrogen and oxygen atoms in total. The molecule has 1 unspecified atom stereocenters. The van der Waals surface area contributed by atoms with Crippen LogP contribution >= 0.6 is 0 Å². The lowest BCUT2D eigenvalue weighted by molar-refractivity contribution is -0.385. The van der Waals surface area contributed by atoms with Gasteiger partial charge in [0.2, 0.25) is 5.91 Å². The van der Waals surface area contributed by atoms with Crippen LogP contribution in [0, 0.1) is 10.1 Å². The number of fused-ring (bicyclic) bond motifs is 1. The van der Waals surface area contributed by atoms with E-state index in [1.165, 1.54) is 18.2 Å². The molecule has 2 aliphatic heterocycles.